The van der Waals surface area contributed by atoms with E-state index in [0.717, 1.165) is 53.8 Å². The first-order valence-corrected chi connectivity index (χ1v) is 18.0. The molecule has 0 bridgehead atoms. The Morgan fingerprint density at radius 3 is 1.16 bits per heavy atom. The lowest BCUT2D eigenvalue weighted by Gasteiger charge is -2.36. The monoisotopic (exact) mass is 676 g/mol. The summed E-state index contributed by atoms with van der Waals surface area (Å²) in [5, 5.41) is 0. The molecular weight excluding hydrogens is 624 g/mol. The molecule has 3 unspecified atom stereocenters. The van der Waals surface area contributed by atoms with Gasteiger partial charge < -0.3 is 28.4 Å². The predicted octanol–water partition coefficient (Wildman–Crippen LogP) is 8.55. The Bertz CT molecular complexity index is 1810. The number of epoxide rings is 3. The van der Waals surface area contributed by atoms with Crippen molar-refractivity contribution in [1.29, 1.82) is 0 Å². The maximum Gasteiger partial charge on any atom is 0.122 e. The van der Waals surface area contributed by atoms with Gasteiger partial charge in [-0.05, 0) is 128 Å². The van der Waals surface area contributed by atoms with E-state index in [1.807, 2.05) is 0 Å². The van der Waals surface area contributed by atoms with Crippen molar-refractivity contribution in [3.63, 3.8) is 0 Å². The first-order chi connectivity index (χ1) is 23.8. The summed E-state index contributed by atoms with van der Waals surface area (Å²) < 4.78 is 34.7. The molecule has 6 heteroatoms. The number of ether oxygens (including phenoxy) is 6. The van der Waals surface area contributed by atoms with Gasteiger partial charge >= 0.3 is 0 Å². The van der Waals surface area contributed by atoms with E-state index in [2.05, 4.69) is 123 Å². The number of aryl methyl sites for hydroxylation is 6. The van der Waals surface area contributed by atoms with Crippen molar-refractivity contribution in [2.45, 2.75) is 91.5 Å². The van der Waals surface area contributed by atoms with Gasteiger partial charge in [0.15, 0.2) is 0 Å². The van der Waals surface area contributed by atoms with Crippen molar-refractivity contribution in [3.8, 4) is 17.2 Å². The normalized spacial score (nSPS) is 20.6. The Morgan fingerprint density at radius 2 is 0.800 bits per heavy atom. The molecule has 4 aromatic rings. The minimum atomic E-state index is -0.445. The second kappa shape index (κ2) is 13.4. The molecule has 50 heavy (non-hydrogen) atoms. The molecule has 0 aromatic heterocycles. The average Bonchev–Trinajstić information content (AvgIpc) is 3.94. The van der Waals surface area contributed by atoms with Crippen LogP contribution in [0.15, 0.2) is 60.7 Å². The van der Waals surface area contributed by atoms with Crippen LogP contribution in [0, 0.1) is 41.5 Å². The topological polar surface area (TPSA) is 65.3 Å². The van der Waals surface area contributed by atoms with Crippen molar-refractivity contribution in [3.05, 3.63) is 122 Å². The summed E-state index contributed by atoms with van der Waals surface area (Å²) in [4.78, 5) is 0. The molecule has 0 spiro atoms. The third-order valence-electron chi connectivity index (χ3n) is 11.0. The SMILES string of the molecule is Cc1cc(C(C)(C)c2ccc(C(C)(c3cc(C)c(OCC4CO4)cc3C)c3cc(C)c(OCC4CO4)cc3C)cc2)c(C)cc1OCC1CO1. The van der Waals surface area contributed by atoms with Gasteiger partial charge in [-0.15, -0.1) is 0 Å². The third kappa shape index (κ3) is 7.03. The van der Waals surface area contributed by atoms with Gasteiger partial charge in [0.05, 0.1) is 19.8 Å². The molecular formula is C44H52O6. The molecule has 3 heterocycles. The lowest BCUT2D eigenvalue weighted by Crippen LogP contribution is -2.29. The van der Waals surface area contributed by atoms with E-state index in [-0.39, 0.29) is 23.7 Å². The summed E-state index contributed by atoms with van der Waals surface area (Å²) in [6.45, 7) is 24.2. The van der Waals surface area contributed by atoms with Gasteiger partial charge in [0.2, 0.25) is 0 Å². The van der Waals surface area contributed by atoms with E-state index < -0.39 is 5.41 Å². The van der Waals surface area contributed by atoms with Gasteiger partial charge in [-0.3, -0.25) is 0 Å². The van der Waals surface area contributed by atoms with E-state index >= 15 is 0 Å². The van der Waals surface area contributed by atoms with Crippen LogP contribution in [0.25, 0.3) is 0 Å². The van der Waals surface area contributed by atoms with Crippen LogP contribution in [0.5, 0.6) is 17.2 Å². The number of hydrogen-bond donors (Lipinski definition) is 0. The Hall–Kier alpha value is -3.84. The minimum Gasteiger partial charge on any atom is -0.491 e. The van der Waals surface area contributed by atoms with Crippen molar-refractivity contribution >= 4 is 0 Å². The number of hydrogen-bond acceptors (Lipinski definition) is 6. The molecule has 0 radical (unpaired) electrons. The summed E-state index contributed by atoms with van der Waals surface area (Å²) in [5.41, 5.74) is 12.7. The summed E-state index contributed by atoms with van der Waals surface area (Å²) in [6, 6.07) is 22.8. The zero-order valence-electron chi connectivity index (χ0n) is 31.2. The second-order valence-electron chi connectivity index (χ2n) is 15.4. The fraction of sp³-hybridized carbons (Fsp3) is 0.455. The lowest BCUT2D eigenvalue weighted by molar-refractivity contribution is 0.261. The Labute approximate surface area is 298 Å². The summed E-state index contributed by atoms with van der Waals surface area (Å²) in [7, 11) is 0. The lowest BCUT2D eigenvalue weighted by atomic mass is 9.67. The molecule has 0 aliphatic carbocycles. The maximum atomic E-state index is 6.21. The molecule has 6 nitrogen and oxygen atoms in total. The van der Waals surface area contributed by atoms with E-state index in [4.69, 9.17) is 28.4 Å². The molecule has 0 amide bonds. The first kappa shape index (κ1) is 34.6. The fourth-order valence-electron chi connectivity index (χ4n) is 7.46. The van der Waals surface area contributed by atoms with Gasteiger partial charge in [0.1, 0.15) is 55.4 Å². The molecule has 3 aliphatic heterocycles. The smallest absolute Gasteiger partial charge is 0.122 e. The zero-order valence-corrected chi connectivity index (χ0v) is 31.2. The highest BCUT2D eigenvalue weighted by Gasteiger charge is 2.36. The molecule has 3 fully saturated rings. The van der Waals surface area contributed by atoms with E-state index in [1.165, 1.54) is 44.5 Å². The van der Waals surface area contributed by atoms with Crippen LogP contribution < -0.4 is 14.2 Å². The van der Waals surface area contributed by atoms with Crippen LogP contribution in [-0.4, -0.2) is 58.0 Å². The highest BCUT2D eigenvalue weighted by Crippen LogP contribution is 2.46. The average molecular weight is 677 g/mol. The Kier molecular flexibility index (Phi) is 9.25. The first-order valence-electron chi connectivity index (χ1n) is 18.0. The highest BCUT2D eigenvalue weighted by molar-refractivity contribution is 5.60. The standard InChI is InChI=1S/C44H52O6/c1-26-17-40(48-23-34-20-45-34)29(4)14-37(26)43(7,8)32-10-12-33(13-11-32)44(9,38-15-30(5)41(18-27(38)2)49-24-35-21-46-35)39-16-31(6)42(19-28(39)3)50-25-36-22-47-36/h10-19,34-36H,20-25H2,1-9H3. The highest BCUT2D eigenvalue weighted by atomic mass is 16.6. The predicted molar refractivity (Wildman–Crippen MR) is 198 cm³/mol. The second-order valence-corrected chi connectivity index (χ2v) is 15.4. The van der Waals surface area contributed by atoms with Gasteiger partial charge in [0, 0.05) is 10.8 Å². The van der Waals surface area contributed by atoms with Gasteiger partial charge in [-0.25, -0.2) is 0 Å². The van der Waals surface area contributed by atoms with Crippen molar-refractivity contribution in [2.24, 2.45) is 0 Å². The van der Waals surface area contributed by atoms with Crippen LogP contribution in [0.3, 0.4) is 0 Å². The minimum absolute atomic E-state index is 0.210. The van der Waals surface area contributed by atoms with E-state index in [0.29, 0.717) is 19.8 Å². The molecule has 7 rings (SSSR count). The Morgan fingerprint density at radius 1 is 0.480 bits per heavy atom. The zero-order chi connectivity index (χ0) is 35.4. The van der Waals surface area contributed by atoms with Gasteiger partial charge in [0.25, 0.3) is 0 Å². The summed E-state index contributed by atoms with van der Waals surface area (Å²) in [5.74, 6) is 2.78. The molecule has 4 aromatic carbocycles. The summed E-state index contributed by atoms with van der Waals surface area (Å²) in [6.07, 6.45) is 0.654. The van der Waals surface area contributed by atoms with Crippen molar-refractivity contribution < 1.29 is 28.4 Å². The molecule has 3 atom stereocenters. The van der Waals surface area contributed by atoms with Crippen molar-refractivity contribution in [1.82, 2.24) is 0 Å². The van der Waals surface area contributed by atoms with E-state index in [9.17, 15) is 0 Å². The molecule has 0 N–H and O–H groups in total. The summed E-state index contributed by atoms with van der Waals surface area (Å²) >= 11 is 0. The van der Waals surface area contributed by atoms with Crippen molar-refractivity contribution in [2.75, 3.05) is 39.6 Å². The van der Waals surface area contributed by atoms with Crippen LogP contribution >= 0.6 is 0 Å². The van der Waals surface area contributed by atoms with E-state index in [1.54, 1.807) is 0 Å². The van der Waals surface area contributed by atoms with Crippen LogP contribution in [0.1, 0.15) is 82.0 Å². The quantitative estimate of drug-likeness (QED) is 0.0986. The molecule has 3 aliphatic rings. The van der Waals surface area contributed by atoms with Crippen LogP contribution in [0.4, 0.5) is 0 Å². The fourth-order valence-corrected chi connectivity index (χ4v) is 7.46. The number of benzene rings is 4. The van der Waals surface area contributed by atoms with Gasteiger partial charge in [-0.2, -0.15) is 0 Å². The molecule has 0 saturated carbocycles. The third-order valence-corrected chi connectivity index (χ3v) is 11.0. The maximum absolute atomic E-state index is 6.21. The van der Waals surface area contributed by atoms with Gasteiger partial charge in [-0.1, -0.05) is 56.3 Å². The largest absolute Gasteiger partial charge is 0.491 e. The molecule has 264 valence electrons. The number of rotatable bonds is 14. The van der Waals surface area contributed by atoms with Crippen LogP contribution in [0.2, 0.25) is 0 Å². The Balaban J connectivity index is 1.26. The molecule has 3 saturated heterocycles. The van der Waals surface area contributed by atoms with Crippen LogP contribution in [-0.2, 0) is 25.0 Å².